The zero-order valence-electron chi connectivity index (χ0n) is 14.9. The molecule has 4 rings (SSSR count). The fourth-order valence-electron chi connectivity index (χ4n) is 3.32. The summed E-state index contributed by atoms with van der Waals surface area (Å²) in [5, 5.41) is 0. The molecule has 1 saturated heterocycles. The first-order chi connectivity index (χ1) is 12.8. The standard InChI is InChI=1S/C22H21NO2S.ClH/c24-22(21-14-13-20(26-21)17-8-3-1-4-9-17)25-19-12-7-15-23(16-19)18-10-5-2-6-11-18;/h1-6,8-11,13-14,19H,7,12,15-16H2;1H. The van der Waals surface area contributed by atoms with Crippen LogP contribution in [0.25, 0.3) is 10.4 Å². The molecule has 1 aliphatic rings. The van der Waals surface area contributed by atoms with Gasteiger partial charge in [-0.1, -0.05) is 48.5 Å². The molecule has 3 aromatic rings. The van der Waals surface area contributed by atoms with Gasteiger partial charge in [0.05, 0.1) is 6.54 Å². The summed E-state index contributed by atoms with van der Waals surface area (Å²) in [6.45, 7) is 1.77. The molecule has 5 heteroatoms. The second kappa shape index (κ2) is 9.07. The van der Waals surface area contributed by atoms with E-state index < -0.39 is 0 Å². The maximum absolute atomic E-state index is 12.6. The Kier molecular flexibility index (Phi) is 6.54. The molecule has 1 atom stereocenters. The van der Waals surface area contributed by atoms with Gasteiger partial charge in [0.25, 0.3) is 0 Å². The number of carbonyl (C=O) groups excluding carboxylic acids is 1. The lowest BCUT2D eigenvalue weighted by atomic mass is 10.1. The van der Waals surface area contributed by atoms with Crippen molar-refractivity contribution in [3.63, 3.8) is 0 Å². The Morgan fingerprint density at radius 2 is 1.67 bits per heavy atom. The first-order valence-electron chi connectivity index (χ1n) is 8.96. The van der Waals surface area contributed by atoms with Crippen LogP contribution in [-0.2, 0) is 4.74 Å². The molecule has 1 aliphatic heterocycles. The average Bonchev–Trinajstić information content (AvgIpc) is 3.20. The number of esters is 1. The van der Waals surface area contributed by atoms with Gasteiger partial charge in [-0.15, -0.1) is 23.7 Å². The molecule has 1 unspecified atom stereocenters. The SMILES string of the molecule is Cl.O=C(OC1CCCN(c2ccccc2)C1)c1ccc(-c2ccccc2)s1. The minimum Gasteiger partial charge on any atom is -0.456 e. The highest BCUT2D eigenvalue weighted by Gasteiger charge is 2.24. The highest BCUT2D eigenvalue weighted by atomic mass is 35.5. The third-order valence-corrected chi connectivity index (χ3v) is 5.75. The van der Waals surface area contributed by atoms with Crippen molar-refractivity contribution >= 4 is 35.4 Å². The number of para-hydroxylation sites is 1. The van der Waals surface area contributed by atoms with E-state index in [0.717, 1.165) is 36.4 Å². The fourth-order valence-corrected chi connectivity index (χ4v) is 4.22. The highest BCUT2D eigenvalue weighted by Crippen LogP contribution is 2.29. The molecule has 0 bridgehead atoms. The molecule has 140 valence electrons. The van der Waals surface area contributed by atoms with E-state index >= 15 is 0 Å². The van der Waals surface area contributed by atoms with Gasteiger partial charge in [0, 0.05) is 17.1 Å². The largest absolute Gasteiger partial charge is 0.456 e. The number of hydrogen-bond acceptors (Lipinski definition) is 4. The van der Waals surface area contributed by atoms with Gasteiger partial charge in [-0.3, -0.25) is 0 Å². The van der Waals surface area contributed by atoms with Gasteiger partial charge in [0.1, 0.15) is 11.0 Å². The number of thiophene rings is 1. The van der Waals surface area contributed by atoms with Crippen molar-refractivity contribution in [2.75, 3.05) is 18.0 Å². The smallest absolute Gasteiger partial charge is 0.348 e. The molecule has 2 aromatic carbocycles. The zero-order valence-corrected chi connectivity index (χ0v) is 16.5. The van der Waals surface area contributed by atoms with Crippen molar-refractivity contribution in [3.05, 3.63) is 77.7 Å². The van der Waals surface area contributed by atoms with E-state index in [0.29, 0.717) is 4.88 Å². The minimum absolute atomic E-state index is 0. The van der Waals surface area contributed by atoms with Crippen molar-refractivity contribution in [1.82, 2.24) is 0 Å². The Balaban J connectivity index is 0.00000210. The van der Waals surface area contributed by atoms with Gasteiger partial charge in [0.2, 0.25) is 0 Å². The van der Waals surface area contributed by atoms with E-state index in [-0.39, 0.29) is 24.5 Å². The summed E-state index contributed by atoms with van der Waals surface area (Å²) < 4.78 is 5.81. The number of rotatable bonds is 4. The van der Waals surface area contributed by atoms with E-state index in [1.54, 1.807) is 0 Å². The molecular weight excluding hydrogens is 378 g/mol. The van der Waals surface area contributed by atoms with Crippen LogP contribution in [0.5, 0.6) is 0 Å². The topological polar surface area (TPSA) is 29.5 Å². The minimum atomic E-state index is -0.211. The van der Waals surface area contributed by atoms with Gasteiger partial charge in [-0.25, -0.2) is 4.79 Å². The number of carbonyl (C=O) groups is 1. The van der Waals surface area contributed by atoms with Gasteiger partial charge in [-0.05, 0) is 42.7 Å². The average molecular weight is 400 g/mol. The third-order valence-electron chi connectivity index (χ3n) is 4.64. The number of benzene rings is 2. The molecular formula is C22H22ClNO2S. The van der Waals surface area contributed by atoms with Crippen molar-refractivity contribution < 1.29 is 9.53 Å². The van der Waals surface area contributed by atoms with Crippen LogP contribution in [0.1, 0.15) is 22.5 Å². The predicted molar refractivity (Wildman–Crippen MR) is 114 cm³/mol. The van der Waals surface area contributed by atoms with E-state index in [4.69, 9.17) is 4.74 Å². The molecule has 0 N–H and O–H groups in total. The van der Waals surface area contributed by atoms with Gasteiger partial charge in [0.15, 0.2) is 0 Å². The Hall–Kier alpha value is -2.30. The van der Waals surface area contributed by atoms with Crippen LogP contribution in [0, 0.1) is 0 Å². The molecule has 3 nitrogen and oxygen atoms in total. The normalized spacial score (nSPS) is 16.4. The van der Waals surface area contributed by atoms with E-state index in [1.807, 2.05) is 48.5 Å². The maximum Gasteiger partial charge on any atom is 0.348 e. The number of hydrogen-bond donors (Lipinski definition) is 0. The van der Waals surface area contributed by atoms with E-state index in [1.165, 1.54) is 17.0 Å². The Morgan fingerprint density at radius 3 is 2.41 bits per heavy atom. The quantitative estimate of drug-likeness (QED) is 0.530. The first kappa shape index (κ1) is 19.5. The van der Waals surface area contributed by atoms with Crippen LogP contribution in [-0.4, -0.2) is 25.2 Å². The van der Waals surface area contributed by atoms with E-state index in [2.05, 4.69) is 29.2 Å². The third kappa shape index (κ3) is 4.71. The van der Waals surface area contributed by atoms with Crippen molar-refractivity contribution in [2.24, 2.45) is 0 Å². The van der Waals surface area contributed by atoms with Crippen LogP contribution in [0.4, 0.5) is 5.69 Å². The summed E-state index contributed by atoms with van der Waals surface area (Å²) in [5.74, 6) is -0.211. The van der Waals surface area contributed by atoms with Crippen LogP contribution in [0.15, 0.2) is 72.8 Å². The number of piperidine rings is 1. The summed E-state index contributed by atoms with van der Waals surface area (Å²) in [6.07, 6.45) is 1.90. The Morgan fingerprint density at radius 1 is 0.963 bits per heavy atom. The lowest BCUT2D eigenvalue weighted by Gasteiger charge is -2.33. The molecule has 0 radical (unpaired) electrons. The summed E-state index contributed by atoms with van der Waals surface area (Å²) in [6, 6.07) is 24.3. The van der Waals surface area contributed by atoms with E-state index in [9.17, 15) is 4.79 Å². The number of anilines is 1. The molecule has 1 fully saturated rings. The van der Waals surface area contributed by atoms with Crippen LogP contribution < -0.4 is 4.90 Å². The van der Waals surface area contributed by atoms with Gasteiger partial charge in [-0.2, -0.15) is 0 Å². The fraction of sp³-hybridized carbons (Fsp3) is 0.227. The van der Waals surface area contributed by atoms with Crippen molar-refractivity contribution in [2.45, 2.75) is 18.9 Å². The molecule has 0 spiro atoms. The number of ether oxygens (including phenoxy) is 1. The van der Waals surface area contributed by atoms with Crippen LogP contribution >= 0.6 is 23.7 Å². The van der Waals surface area contributed by atoms with Crippen molar-refractivity contribution in [3.8, 4) is 10.4 Å². The van der Waals surface area contributed by atoms with Crippen LogP contribution in [0.3, 0.4) is 0 Å². The highest BCUT2D eigenvalue weighted by molar-refractivity contribution is 7.17. The molecule has 0 amide bonds. The van der Waals surface area contributed by atoms with Gasteiger partial charge >= 0.3 is 5.97 Å². The maximum atomic E-state index is 12.6. The Bertz CT molecular complexity index is 866. The summed E-state index contributed by atoms with van der Waals surface area (Å²) >= 11 is 1.49. The lowest BCUT2D eigenvalue weighted by molar-refractivity contribution is 0.0275. The molecule has 27 heavy (non-hydrogen) atoms. The lowest BCUT2D eigenvalue weighted by Crippen LogP contribution is -2.40. The second-order valence-corrected chi connectivity index (χ2v) is 7.56. The summed E-state index contributed by atoms with van der Waals surface area (Å²) in [5.41, 5.74) is 2.32. The zero-order chi connectivity index (χ0) is 17.8. The molecule has 1 aromatic heterocycles. The number of halogens is 1. The second-order valence-electron chi connectivity index (χ2n) is 6.48. The monoisotopic (exact) mass is 399 g/mol. The first-order valence-corrected chi connectivity index (χ1v) is 9.77. The number of nitrogens with zero attached hydrogens (tertiary/aromatic N) is 1. The molecule has 0 aliphatic carbocycles. The van der Waals surface area contributed by atoms with Crippen molar-refractivity contribution in [1.29, 1.82) is 0 Å². The Labute approximate surface area is 170 Å². The van der Waals surface area contributed by atoms with Gasteiger partial charge < -0.3 is 9.64 Å². The summed E-state index contributed by atoms with van der Waals surface area (Å²) in [4.78, 5) is 16.6. The predicted octanol–water partition coefficient (Wildman–Crippen LogP) is 5.66. The summed E-state index contributed by atoms with van der Waals surface area (Å²) in [7, 11) is 0. The molecule has 0 saturated carbocycles. The van der Waals surface area contributed by atoms with Crippen LogP contribution in [0.2, 0.25) is 0 Å². The molecule has 2 heterocycles.